The van der Waals surface area contributed by atoms with Gasteiger partial charge >= 0.3 is 14.5 Å². The van der Waals surface area contributed by atoms with Crippen molar-refractivity contribution >= 4 is 14.5 Å². The van der Waals surface area contributed by atoms with E-state index in [0.717, 1.165) is 37.8 Å². The zero-order chi connectivity index (χ0) is 14.6. The summed E-state index contributed by atoms with van der Waals surface area (Å²) in [5.41, 5.74) is 0. The van der Waals surface area contributed by atoms with E-state index in [0.29, 0.717) is 6.61 Å². The molecule has 0 bridgehead atoms. The lowest BCUT2D eigenvalue weighted by Gasteiger charge is -2.25. The molecule has 0 aliphatic carbocycles. The van der Waals surface area contributed by atoms with E-state index in [-0.39, 0.29) is 5.97 Å². The summed E-state index contributed by atoms with van der Waals surface area (Å²) in [4.78, 5) is 10.8. The van der Waals surface area contributed by atoms with Crippen LogP contribution in [-0.4, -0.2) is 35.4 Å². The molecule has 4 nitrogen and oxygen atoms in total. The molecule has 0 N–H and O–H groups in total. The quantitative estimate of drug-likeness (QED) is 0.239. The molecule has 0 rings (SSSR count). The third kappa shape index (κ3) is 8.18. The van der Waals surface area contributed by atoms with Gasteiger partial charge in [0.1, 0.15) is 0 Å². The molecule has 0 unspecified atom stereocenters. The van der Waals surface area contributed by atoms with Crippen LogP contribution in [0.5, 0.6) is 0 Å². The SMILES string of the molecule is C=CC(=O)OCCCCCCC[Si](CC)(OC)OC. The first kappa shape index (κ1) is 18.3. The number of ether oxygens (including phenoxy) is 1. The van der Waals surface area contributed by atoms with Gasteiger partial charge in [-0.25, -0.2) is 4.79 Å². The molecule has 5 heteroatoms. The minimum absolute atomic E-state index is 0.334. The summed E-state index contributed by atoms with van der Waals surface area (Å²) in [6, 6.07) is 2.06. The molecule has 0 aromatic carbocycles. The van der Waals surface area contributed by atoms with Crippen LogP contribution in [0.3, 0.4) is 0 Å². The van der Waals surface area contributed by atoms with Gasteiger partial charge in [0.25, 0.3) is 0 Å². The largest absolute Gasteiger partial charge is 0.463 e. The molecule has 0 aromatic rings. The standard InChI is InChI=1S/C14H28O4Si/c1-5-14(15)18-12-10-8-7-9-11-13-19(6-2,16-3)17-4/h5H,1,6-13H2,2-4H3. The van der Waals surface area contributed by atoms with Crippen LogP contribution in [0.15, 0.2) is 12.7 Å². The van der Waals surface area contributed by atoms with Crippen molar-refractivity contribution < 1.29 is 18.4 Å². The van der Waals surface area contributed by atoms with Gasteiger partial charge < -0.3 is 13.6 Å². The molecular formula is C14H28O4Si. The van der Waals surface area contributed by atoms with Crippen LogP contribution >= 0.6 is 0 Å². The fourth-order valence-corrected chi connectivity index (χ4v) is 4.31. The molecular weight excluding hydrogens is 260 g/mol. The lowest BCUT2D eigenvalue weighted by Crippen LogP contribution is -2.38. The molecule has 112 valence electrons. The Morgan fingerprint density at radius 3 is 2.21 bits per heavy atom. The van der Waals surface area contributed by atoms with Crippen molar-refractivity contribution in [3.8, 4) is 0 Å². The minimum atomic E-state index is -1.89. The molecule has 0 heterocycles. The van der Waals surface area contributed by atoms with Crippen molar-refractivity contribution in [2.45, 2.75) is 51.1 Å². The van der Waals surface area contributed by atoms with E-state index >= 15 is 0 Å². The van der Waals surface area contributed by atoms with Gasteiger partial charge in [0.2, 0.25) is 0 Å². The molecule has 0 atom stereocenters. The highest BCUT2D eigenvalue weighted by atomic mass is 28.4. The number of hydrogen-bond acceptors (Lipinski definition) is 4. The van der Waals surface area contributed by atoms with Crippen LogP contribution in [0, 0.1) is 0 Å². The number of hydrogen-bond donors (Lipinski definition) is 0. The maximum Gasteiger partial charge on any atom is 0.337 e. The Morgan fingerprint density at radius 1 is 1.11 bits per heavy atom. The summed E-state index contributed by atoms with van der Waals surface area (Å²) in [6.07, 6.45) is 6.69. The lowest BCUT2D eigenvalue weighted by atomic mass is 10.2. The zero-order valence-corrected chi connectivity index (χ0v) is 13.6. The van der Waals surface area contributed by atoms with Gasteiger partial charge in [-0.1, -0.05) is 39.2 Å². The molecule has 0 saturated heterocycles. The Labute approximate surface area is 118 Å². The van der Waals surface area contributed by atoms with Crippen LogP contribution in [0.4, 0.5) is 0 Å². The fraction of sp³-hybridized carbons (Fsp3) is 0.786. The van der Waals surface area contributed by atoms with Crippen LogP contribution in [0.1, 0.15) is 39.0 Å². The highest BCUT2D eigenvalue weighted by Gasteiger charge is 2.32. The highest BCUT2D eigenvalue weighted by molar-refractivity contribution is 6.67. The summed E-state index contributed by atoms with van der Waals surface area (Å²) in [5.74, 6) is -0.334. The van der Waals surface area contributed by atoms with Crippen molar-refractivity contribution in [1.82, 2.24) is 0 Å². The van der Waals surface area contributed by atoms with Gasteiger partial charge in [-0.2, -0.15) is 0 Å². The van der Waals surface area contributed by atoms with Gasteiger partial charge in [0.05, 0.1) is 6.61 Å². The Hall–Kier alpha value is -0.653. The van der Waals surface area contributed by atoms with Gasteiger partial charge in [-0.05, 0) is 18.5 Å². The second kappa shape index (κ2) is 11.2. The Kier molecular flexibility index (Phi) is 10.8. The van der Waals surface area contributed by atoms with Gasteiger partial charge in [0, 0.05) is 20.3 Å². The maximum atomic E-state index is 10.8. The number of carbonyl (C=O) groups excluding carboxylic acids is 1. The van der Waals surface area contributed by atoms with Gasteiger partial charge in [-0.15, -0.1) is 0 Å². The zero-order valence-electron chi connectivity index (χ0n) is 12.6. The molecule has 0 radical (unpaired) electrons. The molecule has 0 aromatic heterocycles. The second-order valence-electron chi connectivity index (χ2n) is 4.56. The van der Waals surface area contributed by atoms with E-state index in [1.54, 1.807) is 14.2 Å². The average Bonchev–Trinajstić information content (AvgIpc) is 2.46. The Morgan fingerprint density at radius 2 is 1.68 bits per heavy atom. The van der Waals surface area contributed by atoms with Gasteiger partial charge in [0.15, 0.2) is 0 Å². The van der Waals surface area contributed by atoms with E-state index < -0.39 is 8.56 Å². The van der Waals surface area contributed by atoms with Crippen LogP contribution < -0.4 is 0 Å². The summed E-state index contributed by atoms with van der Waals surface area (Å²) in [6.45, 7) is 5.98. The van der Waals surface area contributed by atoms with Crippen molar-refractivity contribution in [1.29, 1.82) is 0 Å². The number of carbonyl (C=O) groups is 1. The molecule has 0 aliphatic heterocycles. The summed E-state index contributed by atoms with van der Waals surface area (Å²) in [5, 5.41) is 0. The molecule has 0 saturated carbocycles. The third-order valence-corrected chi connectivity index (χ3v) is 7.08. The van der Waals surface area contributed by atoms with E-state index in [1.165, 1.54) is 12.5 Å². The maximum absolute atomic E-state index is 10.8. The van der Waals surface area contributed by atoms with Crippen LogP contribution in [0.25, 0.3) is 0 Å². The van der Waals surface area contributed by atoms with Crippen molar-refractivity contribution in [2.75, 3.05) is 20.8 Å². The molecule has 0 fully saturated rings. The third-order valence-electron chi connectivity index (χ3n) is 3.40. The summed E-state index contributed by atoms with van der Waals surface area (Å²) in [7, 11) is 1.62. The predicted molar refractivity (Wildman–Crippen MR) is 79.3 cm³/mol. The van der Waals surface area contributed by atoms with E-state index in [4.69, 9.17) is 13.6 Å². The molecule has 0 spiro atoms. The monoisotopic (exact) mass is 288 g/mol. The van der Waals surface area contributed by atoms with Crippen molar-refractivity contribution in [2.24, 2.45) is 0 Å². The van der Waals surface area contributed by atoms with E-state index in [2.05, 4.69) is 13.5 Å². The minimum Gasteiger partial charge on any atom is -0.463 e. The topological polar surface area (TPSA) is 44.8 Å². The first-order valence-corrected chi connectivity index (χ1v) is 9.26. The predicted octanol–water partition coefficient (Wildman–Crippen LogP) is 3.42. The smallest absolute Gasteiger partial charge is 0.337 e. The lowest BCUT2D eigenvalue weighted by molar-refractivity contribution is -0.137. The van der Waals surface area contributed by atoms with Crippen LogP contribution in [0.2, 0.25) is 12.1 Å². The fourth-order valence-electron chi connectivity index (χ4n) is 2.01. The van der Waals surface area contributed by atoms with Crippen molar-refractivity contribution in [3.63, 3.8) is 0 Å². The van der Waals surface area contributed by atoms with Crippen LogP contribution in [-0.2, 0) is 18.4 Å². The number of unbranched alkanes of at least 4 members (excludes halogenated alkanes) is 4. The second-order valence-corrected chi connectivity index (χ2v) is 8.41. The van der Waals surface area contributed by atoms with E-state index in [1.807, 2.05) is 0 Å². The molecule has 0 amide bonds. The molecule has 0 aliphatic rings. The Balaban J connectivity index is 3.49. The number of esters is 1. The van der Waals surface area contributed by atoms with E-state index in [9.17, 15) is 4.79 Å². The molecule has 19 heavy (non-hydrogen) atoms. The normalized spacial score (nSPS) is 11.3. The Bertz CT molecular complexity index is 244. The van der Waals surface area contributed by atoms with Gasteiger partial charge in [-0.3, -0.25) is 0 Å². The first-order chi connectivity index (χ1) is 9.14. The first-order valence-electron chi connectivity index (χ1n) is 7.03. The summed E-state index contributed by atoms with van der Waals surface area (Å²) >= 11 is 0. The number of rotatable bonds is 12. The summed E-state index contributed by atoms with van der Waals surface area (Å²) < 4.78 is 16.1. The van der Waals surface area contributed by atoms with Crippen molar-refractivity contribution in [3.05, 3.63) is 12.7 Å². The average molecular weight is 288 g/mol. The highest BCUT2D eigenvalue weighted by Crippen LogP contribution is 2.21.